The molecule has 0 bridgehead atoms. The molecule has 0 aromatic rings. The molecule has 1 aliphatic rings. The van der Waals surface area contributed by atoms with E-state index < -0.39 is 9.84 Å². The number of rotatable bonds is 10. The van der Waals surface area contributed by atoms with Gasteiger partial charge in [0.2, 0.25) is 0 Å². The maximum absolute atomic E-state index is 11.3. The van der Waals surface area contributed by atoms with E-state index in [1.165, 1.54) is 31.9 Å². The zero-order valence-electron chi connectivity index (χ0n) is 15.7. The summed E-state index contributed by atoms with van der Waals surface area (Å²) in [4.78, 5) is 4.27. The Balaban J connectivity index is 2.46. The topological polar surface area (TPSA) is 79.8 Å². The van der Waals surface area contributed by atoms with Crippen LogP contribution in [0.4, 0.5) is 0 Å². The summed E-state index contributed by atoms with van der Waals surface area (Å²) in [6.45, 7) is 6.49. The van der Waals surface area contributed by atoms with Crippen LogP contribution in [-0.2, 0) is 14.6 Å². The number of ether oxygens (including phenoxy) is 1. The molecule has 0 heterocycles. The van der Waals surface area contributed by atoms with Gasteiger partial charge < -0.3 is 15.4 Å². The molecule has 1 unspecified atom stereocenters. The molecule has 24 heavy (non-hydrogen) atoms. The van der Waals surface area contributed by atoms with E-state index in [0.717, 1.165) is 32.1 Å². The molecule has 1 saturated carbocycles. The van der Waals surface area contributed by atoms with E-state index in [1.54, 1.807) is 7.05 Å². The second kappa shape index (κ2) is 10.2. The van der Waals surface area contributed by atoms with Crippen LogP contribution in [0.3, 0.4) is 0 Å². The van der Waals surface area contributed by atoms with Gasteiger partial charge in [-0.1, -0.05) is 12.8 Å². The lowest BCUT2D eigenvalue weighted by molar-refractivity contribution is 0.105. The molecule has 142 valence electrons. The van der Waals surface area contributed by atoms with Crippen LogP contribution in [0, 0.1) is 5.41 Å². The minimum absolute atomic E-state index is 0.0638. The Bertz CT molecular complexity index is 485. The van der Waals surface area contributed by atoms with Gasteiger partial charge in [-0.3, -0.25) is 4.99 Å². The highest BCUT2D eigenvalue weighted by Crippen LogP contribution is 2.40. The van der Waals surface area contributed by atoms with Crippen LogP contribution >= 0.6 is 0 Å². The summed E-state index contributed by atoms with van der Waals surface area (Å²) in [7, 11) is -1.17. The highest BCUT2D eigenvalue weighted by atomic mass is 32.2. The highest BCUT2D eigenvalue weighted by Gasteiger charge is 2.33. The Morgan fingerprint density at radius 1 is 1.33 bits per heavy atom. The third-order valence-corrected chi connectivity index (χ3v) is 5.78. The van der Waals surface area contributed by atoms with Crippen molar-refractivity contribution in [2.75, 3.05) is 38.8 Å². The second-order valence-corrected chi connectivity index (χ2v) is 9.30. The lowest BCUT2D eigenvalue weighted by atomic mass is 9.83. The molecule has 0 aliphatic heterocycles. The average molecular weight is 362 g/mol. The zero-order chi connectivity index (χ0) is 18.1. The smallest absolute Gasteiger partial charge is 0.191 e. The maximum Gasteiger partial charge on any atom is 0.191 e. The molecule has 7 heteroatoms. The molecule has 1 aliphatic carbocycles. The lowest BCUT2D eigenvalue weighted by Gasteiger charge is -2.30. The largest absolute Gasteiger partial charge is 0.382 e. The normalized spacial score (nSPS) is 19.2. The zero-order valence-corrected chi connectivity index (χ0v) is 16.5. The fraction of sp³-hybridized carbons (Fsp3) is 0.941. The van der Waals surface area contributed by atoms with Gasteiger partial charge in [0.25, 0.3) is 0 Å². The molecule has 0 amide bonds. The van der Waals surface area contributed by atoms with E-state index in [2.05, 4.69) is 15.6 Å². The lowest BCUT2D eigenvalue weighted by Crippen LogP contribution is -2.46. The third kappa shape index (κ3) is 8.33. The summed E-state index contributed by atoms with van der Waals surface area (Å²) in [5.74, 6) is 0.940. The van der Waals surface area contributed by atoms with Crippen molar-refractivity contribution in [2.24, 2.45) is 10.4 Å². The van der Waals surface area contributed by atoms with Crippen molar-refractivity contribution in [1.29, 1.82) is 0 Å². The van der Waals surface area contributed by atoms with Crippen molar-refractivity contribution in [3.05, 3.63) is 0 Å². The summed E-state index contributed by atoms with van der Waals surface area (Å²) >= 11 is 0. The van der Waals surface area contributed by atoms with Gasteiger partial charge in [-0.05, 0) is 44.9 Å². The number of sulfone groups is 1. The van der Waals surface area contributed by atoms with Gasteiger partial charge in [0, 0.05) is 39.1 Å². The van der Waals surface area contributed by atoms with Gasteiger partial charge in [0.1, 0.15) is 9.84 Å². The Hall–Kier alpha value is -0.820. The van der Waals surface area contributed by atoms with Gasteiger partial charge in [-0.2, -0.15) is 0 Å². The predicted molar refractivity (Wildman–Crippen MR) is 100 cm³/mol. The first-order valence-corrected chi connectivity index (χ1v) is 11.1. The Kier molecular flexibility index (Phi) is 9.05. The van der Waals surface area contributed by atoms with Gasteiger partial charge in [0.15, 0.2) is 5.96 Å². The van der Waals surface area contributed by atoms with E-state index in [0.29, 0.717) is 11.8 Å². The Morgan fingerprint density at radius 3 is 2.54 bits per heavy atom. The van der Waals surface area contributed by atoms with Gasteiger partial charge in [0.05, 0.1) is 5.75 Å². The maximum atomic E-state index is 11.3. The molecule has 0 saturated heterocycles. The molecule has 0 radical (unpaired) electrons. The van der Waals surface area contributed by atoms with Crippen molar-refractivity contribution in [3.8, 4) is 0 Å². The summed E-state index contributed by atoms with van der Waals surface area (Å²) in [5, 5.41) is 6.73. The van der Waals surface area contributed by atoms with Crippen molar-refractivity contribution < 1.29 is 13.2 Å². The first kappa shape index (κ1) is 21.2. The average Bonchev–Trinajstić information content (AvgIpc) is 2.98. The number of hydrogen-bond donors (Lipinski definition) is 2. The number of guanidine groups is 1. The molecule has 1 fully saturated rings. The number of aliphatic imine (C=N–C) groups is 1. The third-order valence-electron chi connectivity index (χ3n) is 4.80. The van der Waals surface area contributed by atoms with Gasteiger partial charge >= 0.3 is 0 Å². The summed E-state index contributed by atoms with van der Waals surface area (Å²) in [5.41, 5.74) is 0.294. The van der Waals surface area contributed by atoms with Crippen LogP contribution in [-0.4, -0.2) is 59.2 Å². The van der Waals surface area contributed by atoms with Crippen LogP contribution in [0.25, 0.3) is 0 Å². The van der Waals surface area contributed by atoms with Crippen LogP contribution in [0.5, 0.6) is 0 Å². The van der Waals surface area contributed by atoms with Crippen LogP contribution in [0.1, 0.15) is 52.4 Å². The predicted octanol–water partition coefficient (Wildman–Crippen LogP) is 1.96. The molecular formula is C17H35N3O3S. The molecule has 0 spiro atoms. The van der Waals surface area contributed by atoms with Crippen molar-refractivity contribution in [1.82, 2.24) is 10.6 Å². The highest BCUT2D eigenvalue weighted by molar-refractivity contribution is 7.90. The SMILES string of the molecule is CCOCCC1(CNC(=NC)NC(C)CCS(C)(=O)=O)CCCC1. The standard InChI is InChI=1S/C17H35N3O3S/c1-5-23-12-11-17(9-6-7-10-17)14-19-16(18-3)20-15(2)8-13-24(4,21)22/h15H,5-14H2,1-4H3,(H2,18,19,20). The van der Waals surface area contributed by atoms with Crippen LogP contribution in [0.2, 0.25) is 0 Å². The fourth-order valence-corrected chi connectivity index (χ4v) is 4.02. The van der Waals surface area contributed by atoms with Crippen molar-refractivity contribution >= 4 is 15.8 Å². The van der Waals surface area contributed by atoms with Gasteiger partial charge in [-0.25, -0.2) is 8.42 Å². The second-order valence-electron chi connectivity index (χ2n) is 7.04. The number of nitrogens with zero attached hydrogens (tertiary/aromatic N) is 1. The minimum Gasteiger partial charge on any atom is -0.382 e. The molecular weight excluding hydrogens is 326 g/mol. The Morgan fingerprint density at radius 2 is 2.00 bits per heavy atom. The molecule has 0 aromatic heterocycles. The minimum atomic E-state index is -2.92. The summed E-state index contributed by atoms with van der Waals surface area (Å²) < 4.78 is 28.1. The van der Waals surface area contributed by atoms with E-state index in [1.807, 2.05) is 13.8 Å². The number of hydrogen-bond acceptors (Lipinski definition) is 4. The summed E-state index contributed by atoms with van der Waals surface area (Å²) in [6.07, 6.45) is 7.95. The van der Waals surface area contributed by atoms with E-state index in [4.69, 9.17) is 4.74 Å². The fourth-order valence-electron chi connectivity index (χ4n) is 3.24. The van der Waals surface area contributed by atoms with E-state index in [-0.39, 0.29) is 11.8 Å². The molecule has 0 aromatic carbocycles. The molecule has 1 atom stereocenters. The van der Waals surface area contributed by atoms with Crippen LogP contribution < -0.4 is 10.6 Å². The van der Waals surface area contributed by atoms with E-state index in [9.17, 15) is 8.42 Å². The first-order chi connectivity index (χ1) is 11.3. The van der Waals surface area contributed by atoms with Crippen molar-refractivity contribution in [2.45, 2.75) is 58.4 Å². The quantitative estimate of drug-likeness (QED) is 0.353. The molecule has 1 rings (SSSR count). The number of nitrogens with one attached hydrogen (secondary N) is 2. The summed E-state index contributed by atoms with van der Waals surface area (Å²) in [6, 6.07) is 0.0638. The molecule has 6 nitrogen and oxygen atoms in total. The monoisotopic (exact) mass is 361 g/mol. The molecule has 2 N–H and O–H groups in total. The van der Waals surface area contributed by atoms with Gasteiger partial charge in [-0.15, -0.1) is 0 Å². The Labute approximate surface area is 147 Å². The van der Waals surface area contributed by atoms with E-state index >= 15 is 0 Å². The first-order valence-electron chi connectivity index (χ1n) is 9.03. The van der Waals surface area contributed by atoms with Crippen molar-refractivity contribution in [3.63, 3.8) is 0 Å². The van der Waals surface area contributed by atoms with Crippen LogP contribution in [0.15, 0.2) is 4.99 Å².